The average molecular weight is 598 g/mol. The lowest BCUT2D eigenvalue weighted by Gasteiger charge is -2.34. The van der Waals surface area contributed by atoms with Gasteiger partial charge in [-0.3, -0.25) is 13.9 Å². The molecule has 1 atom stereocenters. The summed E-state index contributed by atoms with van der Waals surface area (Å²) in [4.78, 5) is 29.7. The summed E-state index contributed by atoms with van der Waals surface area (Å²) in [6, 6.07) is 31.8. The third-order valence-electron chi connectivity index (χ3n) is 7.31. The van der Waals surface area contributed by atoms with Crippen LogP contribution in [-0.2, 0) is 39.0 Å². The van der Waals surface area contributed by atoms with Crippen LogP contribution >= 0.6 is 0 Å². The molecular weight excluding hydrogens is 558 g/mol. The number of likely N-dealkylation sites (N-methyl/N-ethyl adjacent to an activating group) is 1. The van der Waals surface area contributed by atoms with E-state index in [1.807, 2.05) is 87.5 Å². The van der Waals surface area contributed by atoms with E-state index in [4.69, 9.17) is 0 Å². The maximum absolute atomic E-state index is 14.5. The van der Waals surface area contributed by atoms with Gasteiger partial charge in [-0.1, -0.05) is 103 Å². The molecule has 0 saturated carbocycles. The number of aryl methyl sites for hydroxylation is 2. The summed E-state index contributed by atoms with van der Waals surface area (Å²) in [6.07, 6.45) is 0.856. The van der Waals surface area contributed by atoms with E-state index in [2.05, 4.69) is 5.32 Å². The second-order valence-electron chi connectivity index (χ2n) is 10.4. The lowest BCUT2D eigenvalue weighted by atomic mass is 10.0. The maximum Gasteiger partial charge on any atom is 0.264 e. The molecule has 0 aliphatic carbocycles. The van der Waals surface area contributed by atoms with Crippen LogP contribution in [0.4, 0.5) is 5.69 Å². The first-order chi connectivity index (χ1) is 20.7. The van der Waals surface area contributed by atoms with Crippen LogP contribution < -0.4 is 9.62 Å². The van der Waals surface area contributed by atoms with Gasteiger partial charge in [0.25, 0.3) is 10.0 Å². The van der Waals surface area contributed by atoms with E-state index in [0.29, 0.717) is 18.7 Å². The zero-order chi connectivity index (χ0) is 30.8. The Bertz CT molecular complexity index is 1630. The normalized spacial score (nSPS) is 11.9. The number of amides is 2. The molecule has 0 aliphatic heterocycles. The highest BCUT2D eigenvalue weighted by molar-refractivity contribution is 7.92. The number of hydrogen-bond donors (Lipinski definition) is 1. The van der Waals surface area contributed by atoms with Crippen LogP contribution in [0.3, 0.4) is 0 Å². The molecule has 0 heterocycles. The average Bonchev–Trinajstić information content (AvgIpc) is 3.02. The number of anilines is 1. The molecule has 2 amide bonds. The molecule has 224 valence electrons. The number of nitrogens with one attached hydrogen (secondary N) is 1. The zero-order valence-corrected chi connectivity index (χ0v) is 25.8. The molecule has 4 aromatic carbocycles. The molecule has 4 rings (SSSR count). The minimum atomic E-state index is -4.12. The summed E-state index contributed by atoms with van der Waals surface area (Å²) in [5, 5.41) is 2.89. The molecule has 0 radical (unpaired) electrons. The van der Waals surface area contributed by atoms with Gasteiger partial charge in [0.1, 0.15) is 12.6 Å². The molecular formula is C35H39N3O4S. The fraction of sp³-hybridized carbons (Fsp3) is 0.257. The van der Waals surface area contributed by atoms with Crippen molar-refractivity contribution in [2.75, 3.05) is 17.4 Å². The van der Waals surface area contributed by atoms with Gasteiger partial charge in [0.2, 0.25) is 11.8 Å². The Kier molecular flexibility index (Phi) is 10.7. The van der Waals surface area contributed by atoms with Crippen LogP contribution in [0.1, 0.15) is 36.1 Å². The van der Waals surface area contributed by atoms with Crippen molar-refractivity contribution in [1.82, 2.24) is 10.2 Å². The Morgan fingerprint density at radius 2 is 1.42 bits per heavy atom. The minimum absolute atomic E-state index is 0.0866. The molecule has 0 bridgehead atoms. The van der Waals surface area contributed by atoms with Gasteiger partial charge < -0.3 is 10.2 Å². The predicted octanol–water partition coefficient (Wildman–Crippen LogP) is 5.53. The van der Waals surface area contributed by atoms with E-state index in [1.165, 1.54) is 21.3 Å². The molecule has 43 heavy (non-hydrogen) atoms. The molecule has 0 spiro atoms. The van der Waals surface area contributed by atoms with Crippen molar-refractivity contribution in [3.8, 4) is 0 Å². The number of hydrogen-bond acceptors (Lipinski definition) is 4. The third-order valence-corrected chi connectivity index (χ3v) is 9.08. The summed E-state index contributed by atoms with van der Waals surface area (Å²) >= 11 is 0. The van der Waals surface area contributed by atoms with Gasteiger partial charge in [-0.15, -0.1) is 0 Å². The topological polar surface area (TPSA) is 86.8 Å². The standard InChI is InChI=1S/C35H39N3O4S/c1-4-30-19-12-13-22-32(30)38(43(41,42)31-20-10-7-11-21-31)26-34(39)37(25-29-18-14-15-27(3)23-29)33(35(40)36-5-2)24-28-16-8-6-9-17-28/h6-23,33H,4-5,24-26H2,1-3H3,(H,36,40). The molecule has 0 fully saturated rings. The first kappa shape index (κ1) is 31.5. The van der Waals surface area contributed by atoms with Crippen LogP contribution in [0.25, 0.3) is 0 Å². The molecule has 7 nitrogen and oxygen atoms in total. The third kappa shape index (κ3) is 7.90. The Balaban J connectivity index is 1.82. The van der Waals surface area contributed by atoms with Crippen molar-refractivity contribution >= 4 is 27.5 Å². The van der Waals surface area contributed by atoms with Gasteiger partial charge in [0.05, 0.1) is 10.6 Å². The van der Waals surface area contributed by atoms with Gasteiger partial charge in [-0.25, -0.2) is 8.42 Å². The second-order valence-corrected chi connectivity index (χ2v) is 12.3. The quantitative estimate of drug-likeness (QED) is 0.220. The zero-order valence-electron chi connectivity index (χ0n) is 24.9. The minimum Gasteiger partial charge on any atom is -0.355 e. The lowest BCUT2D eigenvalue weighted by molar-refractivity contribution is -0.140. The number of nitrogens with zero attached hydrogens (tertiary/aromatic N) is 2. The number of para-hydroxylation sites is 1. The largest absolute Gasteiger partial charge is 0.355 e. The van der Waals surface area contributed by atoms with E-state index in [1.54, 1.807) is 30.3 Å². The van der Waals surface area contributed by atoms with Crippen LogP contribution in [-0.4, -0.2) is 44.3 Å². The van der Waals surface area contributed by atoms with Crippen LogP contribution in [0.15, 0.2) is 114 Å². The van der Waals surface area contributed by atoms with E-state index in [9.17, 15) is 18.0 Å². The first-order valence-corrected chi connectivity index (χ1v) is 16.0. The van der Waals surface area contributed by atoms with Crippen molar-refractivity contribution in [2.45, 2.75) is 51.1 Å². The molecule has 8 heteroatoms. The van der Waals surface area contributed by atoms with E-state index < -0.39 is 28.5 Å². The number of benzene rings is 4. The van der Waals surface area contributed by atoms with Gasteiger partial charge in [0, 0.05) is 19.5 Å². The fourth-order valence-corrected chi connectivity index (χ4v) is 6.61. The SMILES string of the molecule is CCNC(=O)C(Cc1ccccc1)N(Cc1cccc(C)c1)C(=O)CN(c1ccccc1CC)S(=O)(=O)c1ccccc1. The number of sulfonamides is 1. The molecule has 1 unspecified atom stereocenters. The summed E-state index contributed by atoms with van der Waals surface area (Å²) in [5.41, 5.74) is 4.00. The Morgan fingerprint density at radius 1 is 0.791 bits per heavy atom. The maximum atomic E-state index is 14.5. The molecule has 0 saturated heterocycles. The smallest absolute Gasteiger partial charge is 0.264 e. The first-order valence-electron chi connectivity index (χ1n) is 14.6. The molecule has 1 N–H and O–H groups in total. The Hall–Kier alpha value is -4.43. The number of carbonyl (C=O) groups excluding carboxylic acids is 2. The van der Waals surface area contributed by atoms with Gasteiger partial charge in [0.15, 0.2) is 0 Å². The second kappa shape index (κ2) is 14.6. The van der Waals surface area contributed by atoms with Gasteiger partial charge in [-0.2, -0.15) is 0 Å². The lowest BCUT2D eigenvalue weighted by Crippen LogP contribution is -2.53. The van der Waals surface area contributed by atoms with E-state index in [-0.39, 0.29) is 23.8 Å². The highest BCUT2D eigenvalue weighted by atomic mass is 32.2. The van der Waals surface area contributed by atoms with E-state index in [0.717, 1.165) is 22.3 Å². The van der Waals surface area contributed by atoms with E-state index >= 15 is 0 Å². The molecule has 0 aromatic heterocycles. The van der Waals surface area contributed by atoms with Crippen molar-refractivity contribution in [3.63, 3.8) is 0 Å². The van der Waals surface area contributed by atoms with Crippen molar-refractivity contribution in [2.24, 2.45) is 0 Å². The number of carbonyl (C=O) groups is 2. The monoisotopic (exact) mass is 597 g/mol. The Morgan fingerprint density at radius 3 is 2.07 bits per heavy atom. The summed E-state index contributed by atoms with van der Waals surface area (Å²) < 4.78 is 29.5. The van der Waals surface area contributed by atoms with Crippen molar-refractivity contribution in [1.29, 1.82) is 0 Å². The fourth-order valence-electron chi connectivity index (χ4n) is 5.14. The van der Waals surface area contributed by atoms with Gasteiger partial charge in [-0.05, 0) is 55.2 Å². The van der Waals surface area contributed by atoms with Crippen molar-refractivity contribution < 1.29 is 18.0 Å². The summed E-state index contributed by atoms with van der Waals surface area (Å²) in [5.74, 6) is -0.766. The van der Waals surface area contributed by atoms with Gasteiger partial charge >= 0.3 is 0 Å². The highest BCUT2D eigenvalue weighted by Crippen LogP contribution is 2.28. The summed E-state index contributed by atoms with van der Waals surface area (Å²) in [7, 11) is -4.12. The highest BCUT2D eigenvalue weighted by Gasteiger charge is 2.35. The molecule has 4 aromatic rings. The Labute approximate surface area is 255 Å². The molecule has 0 aliphatic rings. The predicted molar refractivity (Wildman–Crippen MR) is 171 cm³/mol. The van der Waals surface area contributed by atoms with Crippen LogP contribution in [0, 0.1) is 6.92 Å². The van der Waals surface area contributed by atoms with Crippen molar-refractivity contribution in [3.05, 3.63) is 131 Å². The van der Waals surface area contributed by atoms with Crippen LogP contribution in [0.2, 0.25) is 0 Å². The summed E-state index contributed by atoms with van der Waals surface area (Å²) in [6.45, 7) is 5.82. The van der Waals surface area contributed by atoms with Crippen LogP contribution in [0.5, 0.6) is 0 Å². The number of rotatable bonds is 13.